The molecular formula is C10H17F3N2O4. The SMILES string of the molecule is COCCCN(C)C(=O)NC(C)(C(=O)O)C(F)(F)F. The van der Waals surface area contributed by atoms with E-state index in [1.54, 1.807) is 0 Å². The maximum Gasteiger partial charge on any atom is 0.422 e. The number of nitrogens with one attached hydrogen (secondary N) is 1. The maximum absolute atomic E-state index is 12.7. The van der Waals surface area contributed by atoms with E-state index in [9.17, 15) is 22.8 Å². The molecule has 0 saturated heterocycles. The average Bonchev–Trinajstić information content (AvgIpc) is 2.27. The maximum atomic E-state index is 12.7. The van der Waals surface area contributed by atoms with Crippen molar-refractivity contribution in [2.45, 2.75) is 25.1 Å². The number of ether oxygens (including phenoxy) is 1. The lowest BCUT2D eigenvalue weighted by Crippen LogP contribution is -2.63. The van der Waals surface area contributed by atoms with Crippen LogP contribution in [0.1, 0.15) is 13.3 Å². The van der Waals surface area contributed by atoms with Crippen molar-refractivity contribution in [1.82, 2.24) is 10.2 Å². The van der Waals surface area contributed by atoms with Crippen molar-refractivity contribution < 1.29 is 32.6 Å². The van der Waals surface area contributed by atoms with Gasteiger partial charge in [0, 0.05) is 27.3 Å². The summed E-state index contributed by atoms with van der Waals surface area (Å²) in [7, 11) is 2.72. The molecule has 0 aliphatic rings. The molecule has 0 spiro atoms. The summed E-state index contributed by atoms with van der Waals surface area (Å²) in [4.78, 5) is 23.2. The van der Waals surface area contributed by atoms with Gasteiger partial charge >= 0.3 is 18.2 Å². The van der Waals surface area contributed by atoms with Gasteiger partial charge in [0.15, 0.2) is 0 Å². The summed E-state index contributed by atoms with van der Waals surface area (Å²) in [5.74, 6) is -2.17. The molecule has 0 saturated carbocycles. The number of carbonyl (C=O) groups is 2. The Morgan fingerprint density at radius 3 is 2.26 bits per heavy atom. The van der Waals surface area contributed by atoms with Crippen LogP contribution in [0.3, 0.4) is 0 Å². The first-order valence-corrected chi connectivity index (χ1v) is 5.38. The van der Waals surface area contributed by atoms with Gasteiger partial charge < -0.3 is 20.1 Å². The highest BCUT2D eigenvalue weighted by atomic mass is 19.4. The van der Waals surface area contributed by atoms with E-state index in [1.807, 2.05) is 0 Å². The number of carbonyl (C=O) groups excluding carboxylic acids is 1. The van der Waals surface area contributed by atoms with E-state index >= 15 is 0 Å². The largest absolute Gasteiger partial charge is 0.479 e. The molecule has 2 amide bonds. The molecule has 112 valence electrons. The van der Waals surface area contributed by atoms with Gasteiger partial charge in [0.05, 0.1) is 0 Å². The Labute approximate surface area is 108 Å². The van der Waals surface area contributed by atoms with Crippen molar-refractivity contribution in [2.75, 3.05) is 27.3 Å². The number of carboxylic acid groups (broad SMARTS) is 1. The van der Waals surface area contributed by atoms with Gasteiger partial charge in [-0.25, -0.2) is 9.59 Å². The monoisotopic (exact) mass is 286 g/mol. The van der Waals surface area contributed by atoms with Crippen LogP contribution in [0.4, 0.5) is 18.0 Å². The number of urea groups is 1. The third kappa shape index (κ3) is 4.58. The molecule has 6 nitrogen and oxygen atoms in total. The van der Waals surface area contributed by atoms with E-state index in [1.165, 1.54) is 19.5 Å². The molecule has 2 N–H and O–H groups in total. The van der Waals surface area contributed by atoms with E-state index in [0.29, 0.717) is 20.0 Å². The van der Waals surface area contributed by atoms with Crippen molar-refractivity contribution in [3.8, 4) is 0 Å². The van der Waals surface area contributed by atoms with E-state index in [-0.39, 0.29) is 6.54 Å². The van der Waals surface area contributed by atoms with Crippen LogP contribution in [0.2, 0.25) is 0 Å². The summed E-state index contributed by atoms with van der Waals surface area (Å²) in [6, 6.07) is -1.11. The van der Waals surface area contributed by atoms with Gasteiger partial charge in [-0.1, -0.05) is 0 Å². The van der Waals surface area contributed by atoms with Gasteiger partial charge in [-0.3, -0.25) is 0 Å². The van der Waals surface area contributed by atoms with Gasteiger partial charge in [-0.15, -0.1) is 0 Å². The molecule has 1 atom stereocenters. The molecule has 1 unspecified atom stereocenters. The van der Waals surface area contributed by atoms with E-state index < -0.39 is 23.7 Å². The number of aliphatic carboxylic acids is 1. The fourth-order valence-electron chi connectivity index (χ4n) is 1.10. The van der Waals surface area contributed by atoms with Gasteiger partial charge in [-0.2, -0.15) is 13.2 Å². The van der Waals surface area contributed by atoms with Crippen LogP contribution in [0.15, 0.2) is 0 Å². The van der Waals surface area contributed by atoms with Gasteiger partial charge in [0.2, 0.25) is 5.54 Å². The molecule has 0 heterocycles. The number of hydrogen-bond donors (Lipinski definition) is 2. The zero-order valence-corrected chi connectivity index (χ0v) is 10.9. The zero-order valence-electron chi connectivity index (χ0n) is 10.9. The second-order valence-corrected chi connectivity index (χ2v) is 4.13. The van der Waals surface area contributed by atoms with Crippen LogP contribution in [-0.2, 0) is 9.53 Å². The summed E-state index contributed by atoms with van der Waals surface area (Å²) < 4.78 is 42.7. The summed E-state index contributed by atoms with van der Waals surface area (Å²) in [5, 5.41) is 10.1. The normalized spacial score (nSPS) is 14.6. The average molecular weight is 286 g/mol. The summed E-state index contributed by atoms with van der Waals surface area (Å²) in [6.45, 7) is 0.885. The summed E-state index contributed by atoms with van der Waals surface area (Å²) in [6.07, 6.45) is -4.67. The second-order valence-electron chi connectivity index (χ2n) is 4.13. The van der Waals surface area contributed by atoms with Gasteiger partial charge in [0.1, 0.15) is 0 Å². The highest BCUT2D eigenvalue weighted by Crippen LogP contribution is 2.30. The Morgan fingerprint density at radius 1 is 1.37 bits per heavy atom. The minimum absolute atomic E-state index is 0.146. The second kappa shape index (κ2) is 6.60. The van der Waals surface area contributed by atoms with Crippen molar-refractivity contribution in [2.24, 2.45) is 0 Å². The van der Waals surface area contributed by atoms with Crippen LogP contribution in [0, 0.1) is 0 Å². The molecule has 0 bridgehead atoms. The van der Waals surface area contributed by atoms with Crippen molar-refractivity contribution in [1.29, 1.82) is 0 Å². The van der Waals surface area contributed by atoms with Crippen LogP contribution in [0.5, 0.6) is 0 Å². The fourth-order valence-corrected chi connectivity index (χ4v) is 1.10. The minimum Gasteiger partial charge on any atom is -0.479 e. The van der Waals surface area contributed by atoms with Crippen molar-refractivity contribution in [3.63, 3.8) is 0 Å². The molecule has 0 aromatic heterocycles. The van der Waals surface area contributed by atoms with E-state index in [4.69, 9.17) is 9.84 Å². The van der Waals surface area contributed by atoms with Crippen molar-refractivity contribution >= 4 is 12.0 Å². The van der Waals surface area contributed by atoms with Crippen LogP contribution < -0.4 is 5.32 Å². The van der Waals surface area contributed by atoms with E-state index in [0.717, 1.165) is 4.90 Å². The predicted octanol–water partition coefficient (Wildman–Crippen LogP) is 1.07. The van der Waals surface area contributed by atoms with E-state index in [2.05, 4.69) is 0 Å². The topological polar surface area (TPSA) is 78.9 Å². The highest BCUT2D eigenvalue weighted by molar-refractivity contribution is 5.86. The highest BCUT2D eigenvalue weighted by Gasteiger charge is 2.58. The fraction of sp³-hybridized carbons (Fsp3) is 0.800. The van der Waals surface area contributed by atoms with Crippen LogP contribution >= 0.6 is 0 Å². The Hall–Kier alpha value is -1.51. The Kier molecular flexibility index (Phi) is 6.07. The molecular weight excluding hydrogens is 269 g/mol. The molecule has 0 aromatic carbocycles. The number of carboxylic acids is 1. The van der Waals surface area contributed by atoms with Gasteiger partial charge in [0.25, 0.3) is 0 Å². The van der Waals surface area contributed by atoms with Crippen LogP contribution in [-0.4, -0.2) is 61.0 Å². The molecule has 9 heteroatoms. The number of alkyl halides is 3. The molecule has 0 aliphatic heterocycles. The van der Waals surface area contributed by atoms with Crippen molar-refractivity contribution in [3.05, 3.63) is 0 Å². The number of hydrogen-bond acceptors (Lipinski definition) is 3. The first-order valence-electron chi connectivity index (χ1n) is 5.38. The Morgan fingerprint density at radius 2 is 1.89 bits per heavy atom. The summed E-state index contributed by atoms with van der Waals surface area (Å²) >= 11 is 0. The summed E-state index contributed by atoms with van der Waals surface area (Å²) in [5.41, 5.74) is -3.32. The molecule has 0 rings (SSSR count). The Bertz CT molecular complexity index is 335. The first-order chi connectivity index (χ1) is 8.56. The quantitative estimate of drug-likeness (QED) is 0.716. The first kappa shape index (κ1) is 17.5. The Balaban J connectivity index is 4.70. The smallest absolute Gasteiger partial charge is 0.422 e. The predicted molar refractivity (Wildman–Crippen MR) is 59.8 cm³/mol. The third-order valence-electron chi connectivity index (χ3n) is 2.54. The van der Waals surface area contributed by atoms with Crippen LogP contribution in [0.25, 0.3) is 0 Å². The van der Waals surface area contributed by atoms with Gasteiger partial charge in [-0.05, 0) is 13.3 Å². The number of nitrogens with zero attached hydrogens (tertiary/aromatic N) is 1. The number of halogens is 3. The lowest BCUT2D eigenvalue weighted by molar-refractivity contribution is -0.203. The molecule has 0 radical (unpaired) electrons. The number of amides is 2. The molecule has 0 aromatic rings. The number of rotatable bonds is 6. The molecule has 0 aliphatic carbocycles. The molecule has 0 fully saturated rings. The zero-order chi connectivity index (χ0) is 15.3. The lowest BCUT2D eigenvalue weighted by Gasteiger charge is -2.30. The lowest BCUT2D eigenvalue weighted by atomic mass is 10.0. The molecule has 19 heavy (non-hydrogen) atoms. The number of methoxy groups -OCH3 is 1. The standard InChI is InChI=1S/C10H17F3N2O4/c1-9(7(16)17,10(11,12)13)14-8(18)15(2)5-4-6-19-3/h4-6H2,1-3H3,(H,14,18)(H,16,17). The minimum atomic E-state index is -5.10. The third-order valence-corrected chi connectivity index (χ3v) is 2.54.